The minimum atomic E-state index is -4.56. The summed E-state index contributed by atoms with van der Waals surface area (Å²) in [6.07, 6.45) is -4.00. The molecule has 1 aromatic heterocycles. The number of rotatable bonds is 5. The van der Waals surface area contributed by atoms with Gasteiger partial charge in [0.05, 0.1) is 32.1 Å². The zero-order chi connectivity index (χ0) is 23.9. The van der Waals surface area contributed by atoms with Crippen molar-refractivity contribution in [3.05, 3.63) is 63.4 Å². The van der Waals surface area contributed by atoms with Crippen molar-refractivity contribution >= 4 is 0 Å². The summed E-state index contributed by atoms with van der Waals surface area (Å²) in [5.41, 5.74) is 3.18. The number of aryl methyl sites for hydroxylation is 1. The highest BCUT2D eigenvalue weighted by Gasteiger charge is 2.35. The van der Waals surface area contributed by atoms with Gasteiger partial charge in [-0.3, -0.25) is 4.79 Å². The average molecular weight is 459 g/mol. The van der Waals surface area contributed by atoms with Crippen molar-refractivity contribution in [2.45, 2.75) is 33.0 Å². The number of alkyl halides is 3. The Labute approximate surface area is 189 Å². The van der Waals surface area contributed by atoms with Crippen LogP contribution in [0.3, 0.4) is 0 Å². The molecule has 1 aliphatic rings. The van der Waals surface area contributed by atoms with Gasteiger partial charge in [-0.25, -0.2) is 0 Å². The monoisotopic (exact) mass is 459 g/mol. The molecule has 5 nitrogen and oxygen atoms in total. The molecule has 174 valence electrons. The van der Waals surface area contributed by atoms with Gasteiger partial charge in [0, 0.05) is 29.3 Å². The van der Waals surface area contributed by atoms with Crippen molar-refractivity contribution in [1.29, 1.82) is 0 Å². The van der Waals surface area contributed by atoms with Gasteiger partial charge in [0.2, 0.25) is 0 Å². The largest absolute Gasteiger partial charge is 0.496 e. The normalized spacial score (nSPS) is 12.7. The third kappa shape index (κ3) is 3.94. The smallest absolute Gasteiger partial charge is 0.419 e. The van der Waals surface area contributed by atoms with E-state index in [0.29, 0.717) is 35.6 Å². The lowest BCUT2D eigenvalue weighted by Gasteiger charge is -2.26. The first-order valence-electron chi connectivity index (χ1n) is 10.5. The van der Waals surface area contributed by atoms with Gasteiger partial charge in [0.15, 0.2) is 0 Å². The van der Waals surface area contributed by atoms with Crippen LogP contribution in [0.15, 0.2) is 41.2 Å². The Morgan fingerprint density at radius 3 is 2.33 bits per heavy atom. The number of hydrogen-bond acceptors (Lipinski definition) is 4. The summed E-state index contributed by atoms with van der Waals surface area (Å²) in [5.74, 6) is 0.694. The number of halogens is 3. The minimum Gasteiger partial charge on any atom is -0.496 e. The van der Waals surface area contributed by atoms with Crippen LogP contribution in [0.25, 0.3) is 22.4 Å². The molecule has 2 aromatic carbocycles. The van der Waals surface area contributed by atoms with E-state index in [1.165, 1.54) is 26.4 Å². The number of pyridine rings is 1. The molecular weight excluding hydrogens is 435 g/mol. The highest BCUT2D eigenvalue weighted by Crippen LogP contribution is 2.44. The SMILES string of the molecule is CCOc1ccc(-c2cc3c(cc2OC)-c2c(C)c(OC)cc(=O)n2CC3)cc1C(F)(F)F. The number of fused-ring (bicyclic) bond motifs is 3. The Balaban J connectivity index is 1.92. The Bertz CT molecular complexity index is 1280. The molecule has 0 N–H and O–H groups in total. The van der Waals surface area contributed by atoms with Crippen molar-refractivity contribution in [3.8, 4) is 39.6 Å². The van der Waals surface area contributed by atoms with E-state index in [0.717, 1.165) is 28.5 Å². The predicted molar refractivity (Wildman–Crippen MR) is 119 cm³/mol. The van der Waals surface area contributed by atoms with Crippen LogP contribution < -0.4 is 19.8 Å². The van der Waals surface area contributed by atoms with Gasteiger partial charge in [-0.2, -0.15) is 13.2 Å². The summed E-state index contributed by atoms with van der Waals surface area (Å²) >= 11 is 0. The molecule has 1 aliphatic heterocycles. The Morgan fingerprint density at radius 2 is 1.70 bits per heavy atom. The van der Waals surface area contributed by atoms with E-state index in [1.807, 2.05) is 13.0 Å². The van der Waals surface area contributed by atoms with Crippen molar-refractivity contribution in [2.24, 2.45) is 0 Å². The zero-order valence-electron chi connectivity index (χ0n) is 18.8. The Kier molecular flexibility index (Phi) is 5.86. The highest BCUT2D eigenvalue weighted by atomic mass is 19.4. The van der Waals surface area contributed by atoms with Gasteiger partial charge in [-0.15, -0.1) is 0 Å². The predicted octanol–water partition coefficient (Wildman–Crippen LogP) is 5.48. The maximum atomic E-state index is 13.7. The molecule has 0 amide bonds. The molecule has 0 bridgehead atoms. The fraction of sp³-hybridized carbons (Fsp3) is 0.320. The molecule has 0 atom stereocenters. The van der Waals surface area contributed by atoms with E-state index in [1.54, 1.807) is 23.6 Å². The average Bonchev–Trinajstić information content (AvgIpc) is 2.79. The fourth-order valence-corrected chi connectivity index (χ4v) is 4.39. The van der Waals surface area contributed by atoms with Gasteiger partial charge < -0.3 is 18.8 Å². The summed E-state index contributed by atoms with van der Waals surface area (Å²) in [6.45, 7) is 4.11. The van der Waals surface area contributed by atoms with Crippen LogP contribution in [-0.4, -0.2) is 25.4 Å². The molecule has 33 heavy (non-hydrogen) atoms. The van der Waals surface area contributed by atoms with Crippen molar-refractivity contribution in [2.75, 3.05) is 20.8 Å². The molecule has 0 saturated carbocycles. The van der Waals surface area contributed by atoms with Crippen LogP contribution in [0, 0.1) is 6.92 Å². The zero-order valence-corrected chi connectivity index (χ0v) is 18.8. The molecule has 0 fully saturated rings. The Hall–Kier alpha value is -3.42. The molecule has 4 rings (SSSR count). The van der Waals surface area contributed by atoms with Crippen LogP contribution in [0.2, 0.25) is 0 Å². The molecular formula is C25H24F3NO4. The quantitative estimate of drug-likeness (QED) is 0.507. The van der Waals surface area contributed by atoms with Crippen molar-refractivity contribution in [3.63, 3.8) is 0 Å². The van der Waals surface area contributed by atoms with E-state index in [9.17, 15) is 18.0 Å². The first-order valence-corrected chi connectivity index (χ1v) is 10.5. The van der Waals surface area contributed by atoms with Crippen LogP contribution in [0.4, 0.5) is 13.2 Å². The van der Waals surface area contributed by atoms with Gasteiger partial charge in [-0.1, -0.05) is 6.07 Å². The summed E-state index contributed by atoms with van der Waals surface area (Å²) in [7, 11) is 2.98. The number of aromatic nitrogens is 1. The second kappa shape index (κ2) is 8.50. The van der Waals surface area contributed by atoms with Gasteiger partial charge >= 0.3 is 6.18 Å². The fourth-order valence-electron chi connectivity index (χ4n) is 4.39. The molecule has 0 saturated heterocycles. The second-order valence-corrected chi connectivity index (χ2v) is 7.78. The third-order valence-electron chi connectivity index (χ3n) is 5.92. The van der Waals surface area contributed by atoms with Gasteiger partial charge in [-0.05, 0) is 55.7 Å². The van der Waals surface area contributed by atoms with E-state index < -0.39 is 11.7 Å². The van der Waals surface area contributed by atoms with E-state index in [2.05, 4.69) is 0 Å². The molecule has 0 aliphatic carbocycles. The Morgan fingerprint density at radius 1 is 0.970 bits per heavy atom. The first-order chi connectivity index (χ1) is 15.7. The van der Waals surface area contributed by atoms with Gasteiger partial charge in [0.25, 0.3) is 5.56 Å². The topological polar surface area (TPSA) is 49.7 Å². The van der Waals surface area contributed by atoms with Crippen molar-refractivity contribution in [1.82, 2.24) is 4.57 Å². The molecule has 8 heteroatoms. The number of ether oxygens (including phenoxy) is 3. The second-order valence-electron chi connectivity index (χ2n) is 7.78. The number of hydrogen-bond donors (Lipinski definition) is 0. The third-order valence-corrected chi connectivity index (χ3v) is 5.92. The number of methoxy groups -OCH3 is 2. The molecule has 0 spiro atoms. The first kappa shape index (κ1) is 22.8. The van der Waals surface area contributed by atoms with Gasteiger partial charge in [0.1, 0.15) is 17.2 Å². The minimum absolute atomic E-state index is 0.131. The van der Waals surface area contributed by atoms with E-state index in [-0.39, 0.29) is 17.9 Å². The summed E-state index contributed by atoms with van der Waals surface area (Å²) in [6, 6.07) is 9.12. The standard InChI is InChI=1S/C25H24F3NO4/c1-5-33-20-7-6-15(11-19(20)25(26,27)28)17-10-16-8-9-29-23(30)13-21(31-3)14(2)24(29)18(16)12-22(17)32-4/h6-7,10-13H,5,8-9H2,1-4H3. The molecule has 2 heterocycles. The highest BCUT2D eigenvalue weighted by molar-refractivity contribution is 5.81. The summed E-state index contributed by atoms with van der Waals surface area (Å²) in [4.78, 5) is 12.6. The maximum absolute atomic E-state index is 13.7. The maximum Gasteiger partial charge on any atom is 0.419 e. The van der Waals surface area contributed by atoms with Crippen LogP contribution in [-0.2, 0) is 19.1 Å². The van der Waals surface area contributed by atoms with Crippen LogP contribution in [0.1, 0.15) is 23.6 Å². The number of nitrogens with zero attached hydrogens (tertiary/aromatic N) is 1. The van der Waals surface area contributed by atoms with Crippen molar-refractivity contribution < 1.29 is 27.4 Å². The number of benzene rings is 2. The lowest BCUT2D eigenvalue weighted by atomic mass is 9.90. The summed E-state index contributed by atoms with van der Waals surface area (Å²) < 4.78 is 58.9. The van der Waals surface area contributed by atoms with Crippen LogP contribution >= 0.6 is 0 Å². The van der Waals surface area contributed by atoms with E-state index >= 15 is 0 Å². The molecule has 0 unspecified atom stereocenters. The van der Waals surface area contributed by atoms with Crippen LogP contribution in [0.5, 0.6) is 17.2 Å². The molecule has 0 radical (unpaired) electrons. The summed E-state index contributed by atoms with van der Waals surface area (Å²) in [5, 5.41) is 0. The molecule has 3 aromatic rings. The lowest BCUT2D eigenvalue weighted by molar-refractivity contribution is -0.138. The lowest BCUT2D eigenvalue weighted by Crippen LogP contribution is -2.26. The van der Waals surface area contributed by atoms with E-state index in [4.69, 9.17) is 14.2 Å².